The molecule has 0 radical (unpaired) electrons. The second-order valence-electron chi connectivity index (χ2n) is 5.08. The number of hydrazine groups is 1. The molecule has 1 aliphatic rings. The lowest BCUT2D eigenvalue weighted by Crippen LogP contribution is -2.41. The SMILES string of the molecule is CCc1cc(C(=O)N(C)C2CCOC2C)cc(NN)n1. The molecule has 1 amide bonds. The number of nitrogens with one attached hydrogen (secondary N) is 1. The number of rotatable bonds is 4. The third kappa shape index (κ3) is 2.91. The van der Waals surface area contributed by atoms with Crippen LogP contribution in [0.3, 0.4) is 0 Å². The smallest absolute Gasteiger partial charge is 0.254 e. The van der Waals surface area contributed by atoms with Gasteiger partial charge < -0.3 is 15.1 Å². The molecule has 0 saturated carbocycles. The Bertz CT molecular complexity index is 470. The molecule has 6 nitrogen and oxygen atoms in total. The van der Waals surface area contributed by atoms with Gasteiger partial charge in [0.25, 0.3) is 5.91 Å². The highest BCUT2D eigenvalue weighted by Gasteiger charge is 2.31. The van der Waals surface area contributed by atoms with Gasteiger partial charge in [0.15, 0.2) is 0 Å². The fourth-order valence-electron chi connectivity index (χ4n) is 2.55. The number of pyridine rings is 1. The molecule has 0 aliphatic carbocycles. The number of nitrogens with zero attached hydrogens (tertiary/aromatic N) is 2. The van der Waals surface area contributed by atoms with E-state index in [1.807, 2.05) is 27.0 Å². The Morgan fingerprint density at radius 2 is 2.35 bits per heavy atom. The van der Waals surface area contributed by atoms with Crippen molar-refractivity contribution in [1.29, 1.82) is 0 Å². The van der Waals surface area contributed by atoms with E-state index in [1.54, 1.807) is 11.0 Å². The molecule has 2 heterocycles. The van der Waals surface area contributed by atoms with Crippen molar-refractivity contribution in [2.75, 3.05) is 19.1 Å². The van der Waals surface area contributed by atoms with E-state index in [9.17, 15) is 4.79 Å². The number of hydrogen-bond acceptors (Lipinski definition) is 5. The largest absolute Gasteiger partial charge is 0.376 e. The van der Waals surface area contributed by atoms with Gasteiger partial charge in [-0.1, -0.05) is 6.92 Å². The number of amides is 1. The second kappa shape index (κ2) is 6.19. The quantitative estimate of drug-likeness (QED) is 0.638. The molecular weight excluding hydrogens is 256 g/mol. The van der Waals surface area contributed by atoms with Crippen LogP contribution in [-0.4, -0.2) is 41.6 Å². The number of aryl methyl sites for hydroxylation is 1. The lowest BCUT2D eigenvalue weighted by Gasteiger charge is -2.27. The molecule has 0 aromatic carbocycles. The van der Waals surface area contributed by atoms with Crippen molar-refractivity contribution in [2.45, 2.75) is 38.8 Å². The number of anilines is 1. The van der Waals surface area contributed by atoms with Crippen molar-refractivity contribution in [2.24, 2.45) is 5.84 Å². The number of carbonyl (C=O) groups is 1. The summed E-state index contributed by atoms with van der Waals surface area (Å²) in [7, 11) is 1.82. The summed E-state index contributed by atoms with van der Waals surface area (Å²) >= 11 is 0. The zero-order valence-corrected chi connectivity index (χ0v) is 12.2. The Labute approximate surface area is 119 Å². The zero-order valence-electron chi connectivity index (χ0n) is 12.2. The topological polar surface area (TPSA) is 80.5 Å². The summed E-state index contributed by atoms with van der Waals surface area (Å²) in [6.45, 7) is 4.70. The van der Waals surface area contributed by atoms with Gasteiger partial charge in [-0.3, -0.25) is 4.79 Å². The van der Waals surface area contributed by atoms with E-state index >= 15 is 0 Å². The molecule has 2 unspecified atom stereocenters. The number of carbonyl (C=O) groups excluding carboxylic acids is 1. The summed E-state index contributed by atoms with van der Waals surface area (Å²) in [6, 6.07) is 3.62. The van der Waals surface area contributed by atoms with Gasteiger partial charge in [-0.15, -0.1) is 0 Å². The molecule has 6 heteroatoms. The van der Waals surface area contributed by atoms with E-state index < -0.39 is 0 Å². The minimum Gasteiger partial charge on any atom is -0.376 e. The standard InChI is InChI=1S/C14H22N4O2/c1-4-11-7-10(8-13(16-11)17-15)14(19)18(3)12-5-6-20-9(12)2/h7-9,12H,4-6,15H2,1-3H3,(H,16,17). The van der Waals surface area contributed by atoms with Gasteiger partial charge in [-0.05, 0) is 31.9 Å². The van der Waals surface area contributed by atoms with Crippen molar-refractivity contribution in [3.8, 4) is 0 Å². The van der Waals surface area contributed by atoms with Crippen LogP contribution >= 0.6 is 0 Å². The van der Waals surface area contributed by atoms with Crippen LogP contribution in [0.1, 0.15) is 36.3 Å². The minimum atomic E-state index is -0.0269. The molecular formula is C14H22N4O2. The molecule has 1 aromatic heterocycles. The number of ether oxygens (including phenoxy) is 1. The Morgan fingerprint density at radius 3 is 2.90 bits per heavy atom. The van der Waals surface area contributed by atoms with Gasteiger partial charge in [0.2, 0.25) is 0 Å². The van der Waals surface area contributed by atoms with Crippen molar-refractivity contribution in [3.05, 3.63) is 23.4 Å². The van der Waals surface area contributed by atoms with Gasteiger partial charge in [0.1, 0.15) is 5.82 Å². The normalized spacial score (nSPS) is 21.8. The third-order valence-electron chi connectivity index (χ3n) is 3.79. The maximum atomic E-state index is 12.6. The summed E-state index contributed by atoms with van der Waals surface area (Å²) in [5.74, 6) is 5.89. The Morgan fingerprint density at radius 1 is 1.60 bits per heavy atom. The second-order valence-corrected chi connectivity index (χ2v) is 5.08. The monoisotopic (exact) mass is 278 g/mol. The molecule has 110 valence electrons. The van der Waals surface area contributed by atoms with Crippen molar-refractivity contribution >= 4 is 11.7 Å². The van der Waals surface area contributed by atoms with E-state index in [0.717, 1.165) is 18.5 Å². The lowest BCUT2D eigenvalue weighted by molar-refractivity contribution is 0.0574. The first-order valence-corrected chi connectivity index (χ1v) is 6.93. The van der Waals surface area contributed by atoms with E-state index in [0.29, 0.717) is 18.0 Å². The predicted molar refractivity (Wildman–Crippen MR) is 77.3 cm³/mol. The lowest BCUT2D eigenvalue weighted by atomic mass is 10.1. The molecule has 2 atom stereocenters. The zero-order chi connectivity index (χ0) is 14.7. The van der Waals surface area contributed by atoms with Crippen LogP contribution in [0.25, 0.3) is 0 Å². The highest BCUT2D eigenvalue weighted by molar-refractivity contribution is 5.95. The maximum absolute atomic E-state index is 12.6. The van der Waals surface area contributed by atoms with Crippen LogP contribution < -0.4 is 11.3 Å². The molecule has 1 aliphatic heterocycles. The predicted octanol–water partition coefficient (Wildman–Crippen LogP) is 1.18. The average molecular weight is 278 g/mol. The van der Waals surface area contributed by atoms with Crippen LogP contribution in [0.5, 0.6) is 0 Å². The highest BCUT2D eigenvalue weighted by atomic mass is 16.5. The van der Waals surface area contributed by atoms with Gasteiger partial charge in [0, 0.05) is 24.9 Å². The third-order valence-corrected chi connectivity index (χ3v) is 3.79. The number of aromatic nitrogens is 1. The average Bonchev–Trinajstić information content (AvgIpc) is 2.91. The number of nitrogen functional groups attached to an aromatic ring is 1. The number of likely N-dealkylation sites (N-methyl/N-ethyl adjacent to an activating group) is 1. The summed E-state index contributed by atoms with van der Waals surface area (Å²) in [6.07, 6.45) is 1.70. The first-order chi connectivity index (χ1) is 9.56. The summed E-state index contributed by atoms with van der Waals surface area (Å²) in [5, 5.41) is 0. The molecule has 1 fully saturated rings. The fourth-order valence-corrected chi connectivity index (χ4v) is 2.55. The Kier molecular flexibility index (Phi) is 4.57. The molecule has 20 heavy (non-hydrogen) atoms. The minimum absolute atomic E-state index is 0.0269. The van der Waals surface area contributed by atoms with Gasteiger partial charge in [0.05, 0.1) is 12.1 Å². The van der Waals surface area contributed by atoms with Crippen molar-refractivity contribution < 1.29 is 9.53 Å². The molecule has 3 N–H and O–H groups in total. The van der Waals surface area contributed by atoms with Gasteiger partial charge >= 0.3 is 0 Å². The summed E-state index contributed by atoms with van der Waals surface area (Å²) in [5.41, 5.74) is 3.95. The van der Waals surface area contributed by atoms with E-state index in [4.69, 9.17) is 10.6 Å². The maximum Gasteiger partial charge on any atom is 0.254 e. The van der Waals surface area contributed by atoms with E-state index in [-0.39, 0.29) is 18.1 Å². The van der Waals surface area contributed by atoms with Crippen LogP contribution in [0.15, 0.2) is 12.1 Å². The van der Waals surface area contributed by atoms with Crippen LogP contribution in [0, 0.1) is 0 Å². The van der Waals surface area contributed by atoms with Gasteiger partial charge in [-0.2, -0.15) is 0 Å². The Hall–Kier alpha value is -1.66. The number of nitrogens with two attached hydrogens (primary N) is 1. The van der Waals surface area contributed by atoms with Crippen molar-refractivity contribution in [3.63, 3.8) is 0 Å². The highest BCUT2D eigenvalue weighted by Crippen LogP contribution is 2.21. The number of hydrogen-bond donors (Lipinski definition) is 2. The first-order valence-electron chi connectivity index (χ1n) is 6.93. The van der Waals surface area contributed by atoms with Crippen LogP contribution in [0.2, 0.25) is 0 Å². The van der Waals surface area contributed by atoms with E-state index in [1.165, 1.54) is 0 Å². The molecule has 0 spiro atoms. The molecule has 1 aromatic rings. The molecule has 1 saturated heterocycles. The van der Waals surface area contributed by atoms with E-state index in [2.05, 4.69) is 10.4 Å². The molecule has 0 bridgehead atoms. The summed E-state index contributed by atoms with van der Waals surface area (Å²) in [4.78, 5) is 18.6. The van der Waals surface area contributed by atoms with Crippen LogP contribution in [-0.2, 0) is 11.2 Å². The van der Waals surface area contributed by atoms with Crippen LogP contribution in [0.4, 0.5) is 5.82 Å². The fraction of sp³-hybridized carbons (Fsp3) is 0.571. The summed E-state index contributed by atoms with van der Waals surface area (Å²) < 4.78 is 5.52. The molecule has 2 rings (SSSR count). The van der Waals surface area contributed by atoms with Gasteiger partial charge in [-0.25, -0.2) is 10.8 Å². The Balaban J connectivity index is 2.23. The van der Waals surface area contributed by atoms with Crippen molar-refractivity contribution in [1.82, 2.24) is 9.88 Å². The first kappa shape index (κ1) is 14.7.